The Bertz CT molecular complexity index is 1440. The highest BCUT2D eigenvalue weighted by Gasteiger charge is 2.50. The number of hydrogen-bond donors (Lipinski definition) is 3. The summed E-state index contributed by atoms with van der Waals surface area (Å²) in [6.07, 6.45) is -1.77. The first kappa shape index (κ1) is 35.8. The Morgan fingerprint density at radius 3 is 2.44 bits per heavy atom. The molecule has 3 aliphatic rings. The summed E-state index contributed by atoms with van der Waals surface area (Å²) in [4.78, 5) is 42.6. The number of fused-ring (bicyclic) bond motifs is 1. The molecule has 0 aromatic heterocycles. The number of nitrogens with one attached hydrogen (secondary N) is 2. The third-order valence-corrected chi connectivity index (χ3v) is 10.8. The molecule has 3 heterocycles. The van der Waals surface area contributed by atoms with Gasteiger partial charge in [0, 0.05) is 29.9 Å². The number of rotatable bonds is 11. The van der Waals surface area contributed by atoms with Crippen molar-refractivity contribution in [3.05, 3.63) is 58.7 Å². The molecule has 0 unspecified atom stereocenters. The van der Waals surface area contributed by atoms with E-state index in [4.69, 9.17) is 23.7 Å². The Morgan fingerprint density at radius 1 is 1.08 bits per heavy atom. The van der Waals surface area contributed by atoms with Crippen molar-refractivity contribution in [2.45, 2.75) is 88.8 Å². The van der Waals surface area contributed by atoms with Gasteiger partial charge in [-0.2, -0.15) is 0 Å². The fourth-order valence-corrected chi connectivity index (χ4v) is 7.84. The van der Waals surface area contributed by atoms with Crippen LogP contribution in [0.25, 0.3) is 0 Å². The second-order valence-electron chi connectivity index (χ2n) is 13.1. The lowest BCUT2D eigenvalue weighted by Gasteiger charge is -2.33. The summed E-state index contributed by atoms with van der Waals surface area (Å²) in [5.74, 6) is 0.124. The van der Waals surface area contributed by atoms with Gasteiger partial charge < -0.3 is 44.3 Å². The highest BCUT2D eigenvalue weighted by atomic mass is 32.2. The molecule has 3 amide bonds. The largest absolute Gasteiger partial charge is 0.497 e. The van der Waals surface area contributed by atoms with E-state index >= 15 is 0 Å². The van der Waals surface area contributed by atoms with Crippen LogP contribution in [0.5, 0.6) is 11.5 Å². The van der Waals surface area contributed by atoms with E-state index in [9.17, 15) is 19.5 Å². The van der Waals surface area contributed by atoms with Crippen LogP contribution in [0.4, 0.5) is 4.79 Å². The standard InChI is InChI=1S/C35H47N3O9S/c1-20-9-7-10-21(2)26(20)17-36-31(40)30-35(3,4)48-19-38(30)32(41)29(39)27(15-22-13-23(43-5)16-24(14-22)44-6)37-34(42)47-28-18-46-33-25(28)11-8-12-45-33/h7,9-10,13-14,16,25,27-30,33,39H,8,11-12,15,17-19H2,1-6H3,(H,36,40)(H,37,42)/t25-,27-,28-,29-,30+,33+/m0/s1. The number of aliphatic hydroxyl groups excluding tert-OH is 1. The first-order valence-corrected chi connectivity index (χ1v) is 17.3. The minimum Gasteiger partial charge on any atom is -0.497 e. The topological polar surface area (TPSA) is 145 Å². The van der Waals surface area contributed by atoms with E-state index in [1.54, 1.807) is 18.2 Å². The predicted molar refractivity (Wildman–Crippen MR) is 180 cm³/mol. The van der Waals surface area contributed by atoms with Gasteiger partial charge in [-0.05, 0) is 81.3 Å². The molecule has 13 heteroatoms. The van der Waals surface area contributed by atoms with E-state index in [1.165, 1.54) is 30.9 Å². The Morgan fingerprint density at radius 2 is 1.77 bits per heavy atom. The van der Waals surface area contributed by atoms with Gasteiger partial charge in [-0.25, -0.2) is 4.79 Å². The van der Waals surface area contributed by atoms with Crippen LogP contribution in [0.3, 0.4) is 0 Å². The third kappa shape index (κ3) is 8.02. The minimum absolute atomic E-state index is 0.0414. The van der Waals surface area contributed by atoms with Crippen molar-refractivity contribution in [2.75, 3.05) is 33.3 Å². The fraction of sp³-hybridized carbons (Fsp3) is 0.571. The zero-order chi connectivity index (χ0) is 34.6. The van der Waals surface area contributed by atoms with Crippen LogP contribution in [0.1, 0.15) is 48.9 Å². The number of aliphatic hydroxyl groups is 1. The third-order valence-electron chi connectivity index (χ3n) is 9.44. The normalized spacial score (nSPS) is 24.3. The molecule has 0 bridgehead atoms. The van der Waals surface area contributed by atoms with Crippen LogP contribution in [0.2, 0.25) is 0 Å². The van der Waals surface area contributed by atoms with Gasteiger partial charge in [-0.1, -0.05) is 18.2 Å². The molecule has 0 radical (unpaired) electrons. The van der Waals surface area contributed by atoms with Crippen molar-refractivity contribution in [2.24, 2.45) is 5.92 Å². The van der Waals surface area contributed by atoms with Crippen molar-refractivity contribution in [1.82, 2.24) is 15.5 Å². The van der Waals surface area contributed by atoms with E-state index in [-0.39, 0.29) is 30.7 Å². The number of carbonyl (C=O) groups excluding carboxylic acids is 3. The number of nitrogens with zero attached hydrogens (tertiary/aromatic N) is 1. The number of thioether (sulfide) groups is 1. The zero-order valence-electron chi connectivity index (χ0n) is 28.4. The number of alkyl carbamates (subject to hydrolysis) is 1. The summed E-state index contributed by atoms with van der Waals surface area (Å²) < 4.78 is 27.3. The highest BCUT2D eigenvalue weighted by molar-refractivity contribution is 8.00. The molecule has 262 valence electrons. The van der Waals surface area contributed by atoms with E-state index < -0.39 is 47.3 Å². The maximum Gasteiger partial charge on any atom is 0.407 e. The molecule has 2 aromatic rings. The Labute approximate surface area is 286 Å². The molecular formula is C35H47N3O9S. The van der Waals surface area contributed by atoms with Gasteiger partial charge in [-0.15, -0.1) is 11.8 Å². The van der Waals surface area contributed by atoms with E-state index in [0.29, 0.717) is 30.2 Å². The molecule has 0 saturated carbocycles. The van der Waals surface area contributed by atoms with Crippen LogP contribution in [-0.2, 0) is 36.8 Å². The van der Waals surface area contributed by atoms with Crippen LogP contribution < -0.4 is 20.1 Å². The van der Waals surface area contributed by atoms with Gasteiger partial charge in [0.15, 0.2) is 12.4 Å². The second-order valence-corrected chi connectivity index (χ2v) is 14.7. The molecule has 6 atom stereocenters. The van der Waals surface area contributed by atoms with Crippen LogP contribution >= 0.6 is 11.8 Å². The summed E-state index contributed by atoms with van der Waals surface area (Å²) in [6, 6.07) is 9.17. The van der Waals surface area contributed by atoms with E-state index in [0.717, 1.165) is 29.5 Å². The summed E-state index contributed by atoms with van der Waals surface area (Å²) in [6.45, 7) is 8.90. The molecule has 3 saturated heterocycles. The number of aryl methyl sites for hydroxylation is 2. The van der Waals surface area contributed by atoms with Gasteiger partial charge >= 0.3 is 6.09 Å². The van der Waals surface area contributed by atoms with Gasteiger partial charge in [0.1, 0.15) is 23.6 Å². The average molecular weight is 686 g/mol. The molecule has 3 fully saturated rings. The van der Waals surface area contributed by atoms with Crippen LogP contribution in [0, 0.1) is 19.8 Å². The highest BCUT2D eigenvalue weighted by Crippen LogP contribution is 2.40. The molecule has 2 aromatic carbocycles. The number of carbonyl (C=O) groups is 3. The lowest BCUT2D eigenvalue weighted by atomic mass is 9.96. The predicted octanol–water partition coefficient (Wildman–Crippen LogP) is 3.47. The van der Waals surface area contributed by atoms with Gasteiger partial charge in [0.25, 0.3) is 5.91 Å². The molecule has 12 nitrogen and oxygen atoms in total. The molecule has 3 N–H and O–H groups in total. The van der Waals surface area contributed by atoms with Gasteiger partial charge in [0.05, 0.1) is 32.7 Å². The molecular weight excluding hydrogens is 638 g/mol. The van der Waals surface area contributed by atoms with Crippen molar-refractivity contribution in [3.8, 4) is 11.5 Å². The number of ether oxygens (including phenoxy) is 5. The number of methoxy groups -OCH3 is 2. The van der Waals surface area contributed by atoms with Gasteiger partial charge in [0.2, 0.25) is 5.91 Å². The monoisotopic (exact) mass is 685 g/mol. The molecule has 5 rings (SSSR count). The SMILES string of the molecule is COc1cc(C[C@H](NC(=O)O[C@H]2CO[C@H]3OCCC[C@H]32)[C@H](O)C(=O)N2CSC(C)(C)[C@H]2C(=O)NCc2c(C)cccc2C)cc(OC)c1. The Balaban J connectivity index is 1.35. The second kappa shape index (κ2) is 15.4. The summed E-state index contributed by atoms with van der Waals surface area (Å²) in [5.41, 5.74) is 3.78. The summed E-state index contributed by atoms with van der Waals surface area (Å²) in [7, 11) is 3.04. The van der Waals surface area contributed by atoms with Crippen molar-refractivity contribution in [3.63, 3.8) is 0 Å². The van der Waals surface area contributed by atoms with Crippen molar-refractivity contribution in [1.29, 1.82) is 0 Å². The van der Waals surface area contributed by atoms with Gasteiger partial charge in [-0.3, -0.25) is 9.59 Å². The fourth-order valence-electron chi connectivity index (χ4n) is 6.70. The average Bonchev–Trinajstić information content (AvgIpc) is 3.62. The quantitative estimate of drug-likeness (QED) is 0.322. The lowest BCUT2D eigenvalue weighted by molar-refractivity contribution is -0.152. The summed E-state index contributed by atoms with van der Waals surface area (Å²) in [5, 5.41) is 17.5. The molecule has 3 aliphatic heterocycles. The molecule has 0 aliphatic carbocycles. The van der Waals surface area contributed by atoms with Crippen LogP contribution in [0.15, 0.2) is 36.4 Å². The summed E-state index contributed by atoms with van der Waals surface area (Å²) >= 11 is 1.45. The molecule has 0 spiro atoms. The first-order chi connectivity index (χ1) is 22.9. The Hall–Kier alpha value is -3.52. The molecule has 48 heavy (non-hydrogen) atoms. The maximum atomic E-state index is 14.1. The number of benzene rings is 2. The number of hydrogen-bond acceptors (Lipinski definition) is 10. The van der Waals surface area contributed by atoms with E-state index in [1.807, 2.05) is 45.9 Å². The maximum absolute atomic E-state index is 14.1. The van der Waals surface area contributed by atoms with Crippen molar-refractivity contribution >= 4 is 29.7 Å². The smallest absolute Gasteiger partial charge is 0.407 e. The lowest BCUT2D eigenvalue weighted by Crippen LogP contribution is -2.58. The number of amides is 3. The first-order valence-electron chi connectivity index (χ1n) is 16.3. The van der Waals surface area contributed by atoms with Crippen LogP contribution in [-0.4, -0.2) is 96.6 Å². The Kier molecular flexibility index (Phi) is 11.4. The minimum atomic E-state index is -1.70. The van der Waals surface area contributed by atoms with Crippen molar-refractivity contribution < 1.29 is 43.2 Å². The van der Waals surface area contributed by atoms with E-state index in [2.05, 4.69) is 10.6 Å². The zero-order valence-corrected chi connectivity index (χ0v) is 29.3.